The van der Waals surface area contributed by atoms with Gasteiger partial charge in [-0.15, -0.1) is 0 Å². The minimum atomic E-state index is -0.827. The Morgan fingerprint density at radius 2 is 1.86 bits per heavy atom. The molecule has 2 aromatic carbocycles. The van der Waals surface area contributed by atoms with E-state index in [0.29, 0.717) is 24.6 Å². The van der Waals surface area contributed by atoms with E-state index in [1.165, 1.54) is 59.3 Å². The van der Waals surface area contributed by atoms with E-state index in [0.717, 1.165) is 42.3 Å². The van der Waals surface area contributed by atoms with Crippen LogP contribution in [0.25, 0.3) is 22.6 Å². The molecule has 0 radical (unpaired) electrons. The van der Waals surface area contributed by atoms with Gasteiger partial charge in [-0.05, 0) is 73.2 Å². The second-order valence-corrected chi connectivity index (χ2v) is 10.8. The summed E-state index contributed by atoms with van der Waals surface area (Å²) in [4.78, 5) is 36.6. The molecule has 1 fully saturated rings. The lowest BCUT2D eigenvalue weighted by molar-refractivity contribution is 0.102. The fourth-order valence-electron chi connectivity index (χ4n) is 5.39. The fourth-order valence-corrected chi connectivity index (χ4v) is 5.39. The molecule has 5 aromatic rings. The SMILES string of the molecule is CCOc1ccn(-c2ccc(F)cc2)c(=O)c1C(=O)Nc1ccc(O/C(=C/C=N)c2[nH]ccc2-c2ccnc(N3CCOCC3)c2)c(F)c1. The molecule has 13 heteroatoms. The lowest BCUT2D eigenvalue weighted by Gasteiger charge is -2.28. The number of benzene rings is 2. The third-order valence-corrected chi connectivity index (χ3v) is 7.72. The summed E-state index contributed by atoms with van der Waals surface area (Å²) in [6.07, 6.45) is 7.29. The number of halogens is 2. The minimum Gasteiger partial charge on any atom is -0.493 e. The van der Waals surface area contributed by atoms with Crippen LogP contribution in [0.5, 0.6) is 11.5 Å². The number of nitrogens with one attached hydrogen (secondary N) is 3. The van der Waals surface area contributed by atoms with Gasteiger partial charge in [-0.2, -0.15) is 0 Å². The Labute approximate surface area is 279 Å². The number of rotatable bonds is 11. The smallest absolute Gasteiger partial charge is 0.271 e. The molecule has 1 amide bonds. The Hall–Kier alpha value is -6.08. The first kappa shape index (κ1) is 32.8. The van der Waals surface area contributed by atoms with Crippen LogP contribution in [0.15, 0.2) is 96.2 Å². The zero-order valence-corrected chi connectivity index (χ0v) is 26.4. The van der Waals surface area contributed by atoms with E-state index in [1.807, 2.05) is 18.2 Å². The number of aromatic amines is 1. The van der Waals surface area contributed by atoms with Gasteiger partial charge in [0.05, 0.1) is 25.5 Å². The maximum absolute atomic E-state index is 15.5. The van der Waals surface area contributed by atoms with Gasteiger partial charge in [0.15, 0.2) is 17.3 Å². The van der Waals surface area contributed by atoms with Gasteiger partial charge in [0.1, 0.15) is 22.9 Å². The highest BCUT2D eigenvalue weighted by atomic mass is 19.1. The van der Waals surface area contributed by atoms with E-state index in [1.54, 1.807) is 19.3 Å². The van der Waals surface area contributed by atoms with Crippen LogP contribution in [0, 0.1) is 17.0 Å². The second kappa shape index (κ2) is 14.8. The van der Waals surface area contributed by atoms with Crippen LogP contribution >= 0.6 is 0 Å². The summed E-state index contributed by atoms with van der Waals surface area (Å²) in [5.74, 6) is -1.25. The summed E-state index contributed by atoms with van der Waals surface area (Å²) in [5.41, 5.74) is 1.51. The van der Waals surface area contributed by atoms with Crippen LogP contribution in [-0.2, 0) is 4.74 Å². The van der Waals surface area contributed by atoms with Crippen molar-refractivity contribution < 1.29 is 27.8 Å². The van der Waals surface area contributed by atoms with Crippen LogP contribution < -0.4 is 25.2 Å². The highest BCUT2D eigenvalue weighted by Crippen LogP contribution is 2.33. The first-order valence-electron chi connectivity index (χ1n) is 15.5. The molecule has 1 saturated heterocycles. The van der Waals surface area contributed by atoms with Gasteiger partial charge < -0.3 is 34.8 Å². The molecule has 4 heterocycles. The molecular formula is C36H32F2N6O5. The topological polar surface area (TPSA) is 135 Å². The molecular weight excluding hydrogens is 634 g/mol. The summed E-state index contributed by atoms with van der Waals surface area (Å²) in [7, 11) is 0. The lowest BCUT2D eigenvalue weighted by Crippen LogP contribution is -2.36. The number of hydrogen-bond donors (Lipinski definition) is 3. The predicted molar refractivity (Wildman–Crippen MR) is 182 cm³/mol. The Balaban J connectivity index is 1.24. The third kappa shape index (κ3) is 7.26. The molecule has 49 heavy (non-hydrogen) atoms. The number of anilines is 2. The molecule has 1 aliphatic rings. The minimum absolute atomic E-state index is 0.0400. The van der Waals surface area contributed by atoms with Crippen molar-refractivity contribution in [3.63, 3.8) is 0 Å². The van der Waals surface area contributed by atoms with Crippen molar-refractivity contribution in [3.8, 4) is 28.3 Å². The van der Waals surface area contributed by atoms with E-state index >= 15 is 4.39 Å². The first-order chi connectivity index (χ1) is 23.9. The van der Waals surface area contributed by atoms with Crippen LogP contribution in [0.3, 0.4) is 0 Å². The summed E-state index contributed by atoms with van der Waals surface area (Å²) < 4.78 is 47.2. The number of pyridine rings is 2. The van der Waals surface area contributed by atoms with Gasteiger partial charge in [0.25, 0.3) is 11.5 Å². The molecule has 3 N–H and O–H groups in total. The van der Waals surface area contributed by atoms with E-state index in [-0.39, 0.29) is 35.1 Å². The van der Waals surface area contributed by atoms with Crippen LogP contribution in [0.1, 0.15) is 23.0 Å². The third-order valence-electron chi connectivity index (χ3n) is 7.72. The lowest BCUT2D eigenvalue weighted by atomic mass is 10.1. The normalized spacial score (nSPS) is 13.2. The highest BCUT2D eigenvalue weighted by Gasteiger charge is 2.22. The molecule has 0 unspecified atom stereocenters. The largest absolute Gasteiger partial charge is 0.493 e. The number of ether oxygens (including phenoxy) is 3. The number of allylic oxidation sites excluding steroid dienone is 1. The molecule has 6 rings (SSSR count). The summed E-state index contributed by atoms with van der Waals surface area (Å²) >= 11 is 0. The van der Waals surface area contributed by atoms with Gasteiger partial charge in [0, 0.05) is 67.0 Å². The molecule has 0 bridgehead atoms. The van der Waals surface area contributed by atoms with Crippen LogP contribution in [-0.4, -0.2) is 59.6 Å². The average Bonchev–Trinajstić information content (AvgIpc) is 3.61. The van der Waals surface area contributed by atoms with E-state index in [2.05, 4.69) is 20.2 Å². The maximum Gasteiger partial charge on any atom is 0.271 e. The summed E-state index contributed by atoms with van der Waals surface area (Å²) in [6, 6.07) is 16.2. The van der Waals surface area contributed by atoms with Gasteiger partial charge in [-0.1, -0.05) is 0 Å². The molecule has 0 aliphatic carbocycles. The molecule has 1 aliphatic heterocycles. The molecule has 0 atom stereocenters. The standard InChI is InChI=1S/C36H32F2N6O5/c1-2-48-30-12-16-44(26-6-3-24(37)4-7-26)36(46)33(30)35(45)42-25-5-8-29(28(38)22-25)49-31(9-13-39)34-27(11-15-41-34)23-10-14-40-32(21-23)43-17-19-47-20-18-43/h3-16,21-22,39,41H,2,17-20H2,1H3,(H,42,45)/b31-9+,39-13?. The second-order valence-electron chi connectivity index (χ2n) is 10.8. The van der Waals surface area contributed by atoms with Crippen molar-refractivity contribution in [3.05, 3.63) is 125 Å². The number of morpholine rings is 1. The molecule has 250 valence electrons. The maximum atomic E-state index is 15.5. The highest BCUT2D eigenvalue weighted by molar-refractivity contribution is 6.06. The zero-order chi connectivity index (χ0) is 34.3. The van der Waals surface area contributed by atoms with Crippen molar-refractivity contribution in [1.82, 2.24) is 14.5 Å². The summed E-state index contributed by atoms with van der Waals surface area (Å²) in [5, 5.41) is 10.3. The average molecular weight is 667 g/mol. The quantitative estimate of drug-likeness (QED) is 0.115. The summed E-state index contributed by atoms with van der Waals surface area (Å²) in [6.45, 7) is 4.58. The Bertz CT molecular complexity index is 2070. The van der Waals surface area contributed by atoms with Crippen molar-refractivity contribution in [2.75, 3.05) is 43.1 Å². The Kier molecular flexibility index (Phi) is 9.91. The molecule has 11 nitrogen and oxygen atoms in total. The van der Waals surface area contributed by atoms with Gasteiger partial charge in [-0.3, -0.25) is 14.2 Å². The number of carbonyl (C=O) groups is 1. The zero-order valence-electron chi connectivity index (χ0n) is 26.4. The predicted octanol–water partition coefficient (Wildman–Crippen LogP) is 6.06. The van der Waals surface area contributed by atoms with Gasteiger partial charge in [0.2, 0.25) is 0 Å². The number of carbonyl (C=O) groups excluding carboxylic acids is 1. The van der Waals surface area contributed by atoms with Crippen molar-refractivity contribution in [2.24, 2.45) is 0 Å². The molecule has 0 spiro atoms. The molecule has 3 aromatic heterocycles. The van der Waals surface area contributed by atoms with Crippen molar-refractivity contribution in [2.45, 2.75) is 6.92 Å². The number of nitrogens with zero attached hydrogens (tertiary/aromatic N) is 3. The number of amides is 1. The monoisotopic (exact) mass is 666 g/mol. The van der Waals surface area contributed by atoms with Crippen LogP contribution in [0.2, 0.25) is 0 Å². The fraction of sp³-hybridized carbons (Fsp3) is 0.167. The van der Waals surface area contributed by atoms with Crippen molar-refractivity contribution >= 4 is 29.4 Å². The van der Waals surface area contributed by atoms with Crippen LogP contribution in [0.4, 0.5) is 20.3 Å². The Morgan fingerprint density at radius 3 is 2.59 bits per heavy atom. The van der Waals surface area contributed by atoms with E-state index < -0.39 is 23.1 Å². The van der Waals surface area contributed by atoms with Crippen molar-refractivity contribution in [1.29, 1.82) is 5.41 Å². The van der Waals surface area contributed by atoms with Gasteiger partial charge >= 0.3 is 0 Å². The number of H-pyrrole nitrogens is 1. The number of aromatic nitrogens is 3. The number of hydrogen-bond acceptors (Lipinski definition) is 8. The van der Waals surface area contributed by atoms with Gasteiger partial charge in [-0.25, -0.2) is 13.8 Å². The van der Waals surface area contributed by atoms with E-state index in [9.17, 15) is 14.0 Å². The van der Waals surface area contributed by atoms with E-state index in [4.69, 9.17) is 19.6 Å². The first-order valence-corrected chi connectivity index (χ1v) is 15.5. The molecule has 0 saturated carbocycles. The Morgan fingerprint density at radius 1 is 1.06 bits per heavy atom.